The molecular weight excluding hydrogens is 256 g/mol. The van der Waals surface area contributed by atoms with Gasteiger partial charge in [-0.05, 0) is 50.9 Å². The first-order valence-electron chi connectivity index (χ1n) is 9.77. The molecule has 1 aliphatic heterocycles. The van der Waals surface area contributed by atoms with Gasteiger partial charge >= 0.3 is 0 Å². The SMILES string of the molecule is CCC1CCC(N2CC3(CCCCC3)NCC2CC)CC1. The van der Waals surface area contributed by atoms with Crippen LogP contribution in [0, 0.1) is 5.92 Å². The lowest BCUT2D eigenvalue weighted by Crippen LogP contribution is -2.66. The van der Waals surface area contributed by atoms with Crippen LogP contribution in [0.5, 0.6) is 0 Å². The van der Waals surface area contributed by atoms with Crippen molar-refractivity contribution in [1.82, 2.24) is 10.2 Å². The molecule has 1 N–H and O–H groups in total. The molecule has 0 aromatic rings. The Labute approximate surface area is 132 Å². The molecule has 0 radical (unpaired) electrons. The van der Waals surface area contributed by atoms with Crippen LogP contribution in [0.1, 0.15) is 84.5 Å². The van der Waals surface area contributed by atoms with E-state index in [1.54, 1.807) is 0 Å². The van der Waals surface area contributed by atoms with E-state index in [1.807, 2.05) is 0 Å². The number of nitrogens with zero attached hydrogens (tertiary/aromatic N) is 1. The largest absolute Gasteiger partial charge is 0.308 e. The molecule has 122 valence electrons. The molecule has 3 rings (SSSR count). The molecule has 2 heteroatoms. The fraction of sp³-hybridized carbons (Fsp3) is 1.00. The third kappa shape index (κ3) is 3.47. The molecule has 2 aliphatic carbocycles. The minimum Gasteiger partial charge on any atom is -0.308 e. The zero-order valence-corrected chi connectivity index (χ0v) is 14.4. The minimum absolute atomic E-state index is 0.478. The lowest BCUT2D eigenvalue weighted by atomic mass is 9.77. The summed E-state index contributed by atoms with van der Waals surface area (Å²) in [4.78, 5) is 2.95. The maximum Gasteiger partial charge on any atom is 0.0309 e. The van der Waals surface area contributed by atoms with Gasteiger partial charge in [0.05, 0.1) is 0 Å². The third-order valence-electron chi connectivity index (χ3n) is 6.81. The van der Waals surface area contributed by atoms with Gasteiger partial charge in [-0.3, -0.25) is 4.90 Å². The summed E-state index contributed by atoms with van der Waals surface area (Å²) in [5, 5.41) is 3.98. The summed E-state index contributed by atoms with van der Waals surface area (Å²) >= 11 is 0. The van der Waals surface area contributed by atoms with E-state index in [9.17, 15) is 0 Å². The number of rotatable bonds is 3. The second-order valence-corrected chi connectivity index (χ2v) is 8.04. The van der Waals surface area contributed by atoms with Crippen LogP contribution in [0.2, 0.25) is 0 Å². The van der Waals surface area contributed by atoms with E-state index in [-0.39, 0.29) is 0 Å². The summed E-state index contributed by atoms with van der Waals surface area (Å²) in [5.74, 6) is 1.02. The quantitative estimate of drug-likeness (QED) is 0.832. The first-order chi connectivity index (χ1) is 10.3. The number of hydrogen-bond donors (Lipinski definition) is 1. The lowest BCUT2D eigenvalue weighted by Gasteiger charge is -2.53. The molecule has 2 nitrogen and oxygen atoms in total. The standard InChI is InChI=1S/C19H36N2/c1-3-16-8-10-18(11-9-16)21-15-19(12-6-5-7-13-19)20-14-17(21)4-2/h16-18,20H,3-15H2,1-2H3. The first-order valence-corrected chi connectivity index (χ1v) is 9.77. The summed E-state index contributed by atoms with van der Waals surface area (Å²) in [6.45, 7) is 7.34. The summed E-state index contributed by atoms with van der Waals surface area (Å²) < 4.78 is 0. The second-order valence-electron chi connectivity index (χ2n) is 8.04. The summed E-state index contributed by atoms with van der Waals surface area (Å²) in [6.07, 6.45) is 15.8. The Balaban J connectivity index is 1.65. The van der Waals surface area contributed by atoms with Crippen molar-refractivity contribution in [3.63, 3.8) is 0 Å². The van der Waals surface area contributed by atoms with Gasteiger partial charge in [-0.1, -0.05) is 39.5 Å². The van der Waals surface area contributed by atoms with Crippen molar-refractivity contribution in [2.45, 2.75) is 102 Å². The second kappa shape index (κ2) is 7.00. The number of piperazine rings is 1. The Kier molecular flexibility index (Phi) is 5.27. The molecule has 1 unspecified atom stereocenters. The highest BCUT2D eigenvalue weighted by Gasteiger charge is 2.42. The average molecular weight is 293 g/mol. The predicted octanol–water partition coefficient (Wildman–Crippen LogP) is 4.34. The molecule has 0 aromatic heterocycles. The van der Waals surface area contributed by atoms with Gasteiger partial charge in [0.1, 0.15) is 0 Å². The van der Waals surface area contributed by atoms with Crippen LogP contribution in [0.3, 0.4) is 0 Å². The normalized spacial score (nSPS) is 37.7. The van der Waals surface area contributed by atoms with Crippen LogP contribution >= 0.6 is 0 Å². The number of hydrogen-bond acceptors (Lipinski definition) is 2. The van der Waals surface area contributed by atoms with Crippen molar-refractivity contribution >= 4 is 0 Å². The van der Waals surface area contributed by atoms with Crippen molar-refractivity contribution in [2.75, 3.05) is 13.1 Å². The molecular formula is C19H36N2. The summed E-state index contributed by atoms with van der Waals surface area (Å²) in [6, 6.07) is 1.68. The third-order valence-corrected chi connectivity index (χ3v) is 6.81. The Hall–Kier alpha value is -0.0800. The van der Waals surface area contributed by atoms with Crippen molar-refractivity contribution in [3.05, 3.63) is 0 Å². The van der Waals surface area contributed by atoms with Crippen LogP contribution in [-0.4, -0.2) is 35.6 Å². The molecule has 1 saturated heterocycles. The molecule has 0 aromatic carbocycles. The fourth-order valence-electron chi connectivity index (χ4n) is 5.24. The molecule has 21 heavy (non-hydrogen) atoms. The van der Waals surface area contributed by atoms with Gasteiger partial charge in [-0.15, -0.1) is 0 Å². The van der Waals surface area contributed by atoms with Gasteiger partial charge < -0.3 is 5.32 Å². The Bertz CT molecular complexity index is 314. The molecule has 0 amide bonds. The Morgan fingerprint density at radius 3 is 2.29 bits per heavy atom. The molecule has 1 heterocycles. The molecule has 3 aliphatic rings. The average Bonchev–Trinajstić information content (AvgIpc) is 2.56. The van der Waals surface area contributed by atoms with Crippen LogP contribution < -0.4 is 5.32 Å². The van der Waals surface area contributed by atoms with E-state index in [0.29, 0.717) is 5.54 Å². The van der Waals surface area contributed by atoms with E-state index in [0.717, 1.165) is 18.0 Å². The molecule has 2 saturated carbocycles. The summed E-state index contributed by atoms with van der Waals surface area (Å²) in [7, 11) is 0. The molecule has 3 fully saturated rings. The van der Waals surface area contributed by atoms with Gasteiger partial charge in [-0.2, -0.15) is 0 Å². The minimum atomic E-state index is 0.478. The van der Waals surface area contributed by atoms with Crippen LogP contribution in [0.4, 0.5) is 0 Å². The topological polar surface area (TPSA) is 15.3 Å². The Morgan fingerprint density at radius 1 is 0.952 bits per heavy atom. The molecule has 1 atom stereocenters. The molecule has 0 bridgehead atoms. The van der Waals surface area contributed by atoms with Crippen LogP contribution in [0.15, 0.2) is 0 Å². The van der Waals surface area contributed by atoms with Crippen LogP contribution in [-0.2, 0) is 0 Å². The van der Waals surface area contributed by atoms with Crippen LogP contribution in [0.25, 0.3) is 0 Å². The van der Waals surface area contributed by atoms with Crippen molar-refractivity contribution in [3.8, 4) is 0 Å². The highest BCUT2D eigenvalue weighted by atomic mass is 15.3. The maximum atomic E-state index is 3.98. The zero-order valence-electron chi connectivity index (χ0n) is 14.4. The molecule has 1 spiro atoms. The predicted molar refractivity (Wildman–Crippen MR) is 90.6 cm³/mol. The van der Waals surface area contributed by atoms with E-state index >= 15 is 0 Å². The van der Waals surface area contributed by atoms with Crippen molar-refractivity contribution in [1.29, 1.82) is 0 Å². The van der Waals surface area contributed by atoms with E-state index in [1.165, 1.54) is 83.7 Å². The van der Waals surface area contributed by atoms with Gasteiger partial charge in [0.15, 0.2) is 0 Å². The lowest BCUT2D eigenvalue weighted by molar-refractivity contribution is 0.00568. The first kappa shape index (κ1) is 15.8. The summed E-state index contributed by atoms with van der Waals surface area (Å²) in [5.41, 5.74) is 0.478. The highest BCUT2D eigenvalue weighted by Crippen LogP contribution is 2.37. The van der Waals surface area contributed by atoms with E-state index < -0.39 is 0 Å². The Morgan fingerprint density at radius 2 is 1.67 bits per heavy atom. The van der Waals surface area contributed by atoms with Gasteiger partial charge in [0.25, 0.3) is 0 Å². The monoisotopic (exact) mass is 292 g/mol. The van der Waals surface area contributed by atoms with Gasteiger partial charge in [0.2, 0.25) is 0 Å². The van der Waals surface area contributed by atoms with E-state index in [2.05, 4.69) is 24.1 Å². The number of nitrogens with one attached hydrogen (secondary N) is 1. The van der Waals surface area contributed by atoms with E-state index in [4.69, 9.17) is 0 Å². The fourth-order valence-corrected chi connectivity index (χ4v) is 5.24. The smallest absolute Gasteiger partial charge is 0.0309 e. The van der Waals surface area contributed by atoms with Crippen molar-refractivity contribution < 1.29 is 0 Å². The van der Waals surface area contributed by atoms with Gasteiger partial charge in [-0.25, -0.2) is 0 Å². The van der Waals surface area contributed by atoms with Gasteiger partial charge in [0, 0.05) is 30.7 Å². The van der Waals surface area contributed by atoms with Crippen molar-refractivity contribution in [2.24, 2.45) is 5.92 Å². The highest BCUT2D eigenvalue weighted by molar-refractivity contribution is 5.01. The maximum absolute atomic E-state index is 3.98. The zero-order chi connectivity index (χ0) is 14.7.